The molecule has 1 rings (SSSR count). The van der Waals surface area contributed by atoms with Crippen LogP contribution in [0.25, 0.3) is 0 Å². The predicted molar refractivity (Wildman–Crippen MR) is 50.5 cm³/mol. The molecule has 0 spiro atoms. The molecular weight excluding hydrogens is 168 g/mol. The molecule has 78 valence electrons. The molecule has 0 aromatic carbocycles. The van der Waals surface area contributed by atoms with Gasteiger partial charge in [0.2, 0.25) is 0 Å². The van der Waals surface area contributed by atoms with Gasteiger partial charge in [0.25, 0.3) is 0 Å². The summed E-state index contributed by atoms with van der Waals surface area (Å²) >= 11 is 0. The zero-order valence-corrected chi connectivity index (χ0v) is 8.37. The summed E-state index contributed by atoms with van der Waals surface area (Å²) in [5.74, 6) is 0. The minimum Gasteiger partial charge on any atom is -0.394 e. The van der Waals surface area contributed by atoms with Crippen molar-refractivity contribution in [3.8, 4) is 0 Å². The van der Waals surface area contributed by atoms with E-state index in [1.54, 1.807) is 0 Å². The molecule has 1 heterocycles. The van der Waals surface area contributed by atoms with Crippen LogP contribution in [0.3, 0.4) is 0 Å². The largest absolute Gasteiger partial charge is 0.394 e. The summed E-state index contributed by atoms with van der Waals surface area (Å²) in [4.78, 5) is 0. The maximum Gasteiger partial charge on any atom is 0.158 e. The number of rotatable bonds is 6. The third kappa shape index (κ3) is 4.07. The predicted octanol–water partition coefficient (Wildman–Crippen LogP) is 1.69. The molecule has 3 nitrogen and oxygen atoms in total. The number of hydrogen-bond acceptors (Lipinski definition) is 3. The molecule has 1 aliphatic rings. The number of ether oxygens (including phenoxy) is 2. The van der Waals surface area contributed by atoms with Crippen molar-refractivity contribution < 1.29 is 14.6 Å². The minimum atomic E-state index is -0.0869. The van der Waals surface area contributed by atoms with Gasteiger partial charge >= 0.3 is 0 Å². The van der Waals surface area contributed by atoms with Gasteiger partial charge in [0.1, 0.15) is 6.10 Å². The lowest BCUT2D eigenvalue weighted by Crippen LogP contribution is -2.16. The summed E-state index contributed by atoms with van der Waals surface area (Å²) in [5, 5.41) is 8.79. The summed E-state index contributed by atoms with van der Waals surface area (Å²) in [6.45, 7) is 2.82. The van der Waals surface area contributed by atoms with Crippen LogP contribution in [0.1, 0.15) is 39.0 Å². The average Bonchev–Trinajstić information content (AvgIpc) is 2.60. The summed E-state index contributed by atoms with van der Waals surface area (Å²) < 4.78 is 10.8. The molecule has 0 aromatic rings. The Morgan fingerprint density at radius 2 is 2.15 bits per heavy atom. The molecule has 0 aromatic heterocycles. The second-order valence-corrected chi connectivity index (χ2v) is 3.55. The molecule has 1 aliphatic heterocycles. The Labute approximate surface area is 80.0 Å². The Morgan fingerprint density at radius 1 is 1.31 bits per heavy atom. The van der Waals surface area contributed by atoms with E-state index in [0.29, 0.717) is 6.61 Å². The first kappa shape index (κ1) is 11.0. The van der Waals surface area contributed by atoms with Crippen LogP contribution in [-0.4, -0.2) is 30.7 Å². The van der Waals surface area contributed by atoms with Crippen molar-refractivity contribution in [1.82, 2.24) is 0 Å². The molecule has 13 heavy (non-hydrogen) atoms. The Hall–Kier alpha value is -0.120. The van der Waals surface area contributed by atoms with Gasteiger partial charge in [-0.05, 0) is 12.8 Å². The van der Waals surface area contributed by atoms with Crippen molar-refractivity contribution in [3.05, 3.63) is 0 Å². The summed E-state index contributed by atoms with van der Waals surface area (Å²) in [6.07, 6.45) is 5.78. The van der Waals surface area contributed by atoms with Crippen molar-refractivity contribution in [1.29, 1.82) is 0 Å². The maximum absolute atomic E-state index is 8.79. The molecule has 0 radical (unpaired) electrons. The van der Waals surface area contributed by atoms with Crippen LogP contribution in [-0.2, 0) is 9.47 Å². The van der Waals surface area contributed by atoms with Gasteiger partial charge in [-0.3, -0.25) is 0 Å². The molecule has 0 saturated carbocycles. The van der Waals surface area contributed by atoms with Gasteiger partial charge in [0, 0.05) is 0 Å². The van der Waals surface area contributed by atoms with Gasteiger partial charge in [0.05, 0.1) is 13.2 Å². The van der Waals surface area contributed by atoms with Crippen LogP contribution >= 0.6 is 0 Å². The summed E-state index contributed by atoms with van der Waals surface area (Å²) in [6, 6.07) is 0. The van der Waals surface area contributed by atoms with Crippen molar-refractivity contribution in [2.45, 2.75) is 51.4 Å². The van der Waals surface area contributed by atoms with Crippen LogP contribution in [0.2, 0.25) is 0 Å². The highest BCUT2D eigenvalue weighted by Crippen LogP contribution is 2.17. The van der Waals surface area contributed by atoms with Crippen LogP contribution in [0, 0.1) is 0 Å². The van der Waals surface area contributed by atoms with Gasteiger partial charge in [-0.25, -0.2) is 0 Å². The van der Waals surface area contributed by atoms with Crippen molar-refractivity contribution in [2.75, 3.05) is 13.2 Å². The van der Waals surface area contributed by atoms with Crippen LogP contribution < -0.4 is 0 Å². The molecule has 1 saturated heterocycles. The number of hydrogen-bond donors (Lipinski definition) is 1. The molecular formula is C10H20O3. The number of unbranched alkanes of at least 4 members (excludes halogenated alkanes) is 3. The van der Waals surface area contributed by atoms with Gasteiger partial charge in [-0.1, -0.05) is 26.2 Å². The Kier molecular flexibility index (Phi) is 5.35. The smallest absolute Gasteiger partial charge is 0.158 e. The number of aliphatic hydroxyl groups excluding tert-OH is 1. The molecule has 0 amide bonds. The van der Waals surface area contributed by atoms with Crippen molar-refractivity contribution >= 4 is 0 Å². The fourth-order valence-electron chi connectivity index (χ4n) is 1.49. The van der Waals surface area contributed by atoms with E-state index in [2.05, 4.69) is 6.92 Å². The topological polar surface area (TPSA) is 38.7 Å². The third-order valence-corrected chi connectivity index (χ3v) is 2.31. The lowest BCUT2D eigenvalue weighted by Gasteiger charge is -2.09. The SMILES string of the molecule is CCCCCCC1OCC(CO)O1. The minimum absolute atomic E-state index is 0.0611. The highest BCUT2D eigenvalue weighted by Gasteiger charge is 2.24. The van der Waals surface area contributed by atoms with E-state index in [-0.39, 0.29) is 19.0 Å². The average molecular weight is 188 g/mol. The van der Waals surface area contributed by atoms with Crippen molar-refractivity contribution in [2.24, 2.45) is 0 Å². The first-order valence-electron chi connectivity index (χ1n) is 5.24. The Morgan fingerprint density at radius 3 is 2.77 bits per heavy atom. The molecule has 1 fully saturated rings. The van der Waals surface area contributed by atoms with E-state index < -0.39 is 0 Å². The fourth-order valence-corrected chi connectivity index (χ4v) is 1.49. The van der Waals surface area contributed by atoms with Crippen LogP contribution in [0.15, 0.2) is 0 Å². The van der Waals surface area contributed by atoms with Gasteiger partial charge in [0.15, 0.2) is 6.29 Å². The van der Waals surface area contributed by atoms with E-state index in [1.165, 1.54) is 19.3 Å². The first-order chi connectivity index (χ1) is 6.36. The normalized spacial score (nSPS) is 28.2. The zero-order valence-electron chi connectivity index (χ0n) is 8.37. The molecule has 3 heteroatoms. The zero-order chi connectivity index (χ0) is 9.52. The highest BCUT2D eigenvalue weighted by atomic mass is 16.7. The van der Waals surface area contributed by atoms with Crippen LogP contribution in [0.5, 0.6) is 0 Å². The third-order valence-electron chi connectivity index (χ3n) is 2.31. The monoisotopic (exact) mass is 188 g/mol. The molecule has 2 atom stereocenters. The fraction of sp³-hybridized carbons (Fsp3) is 1.00. The summed E-state index contributed by atoms with van der Waals surface area (Å²) in [7, 11) is 0. The first-order valence-corrected chi connectivity index (χ1v) is 5.24. The molecule has 1 N–H and O–H groups in total. The molecule has 0 aliphatic carbocycles. The van der Waals surface area contributed by atoms with Gasteiger partial charge in [-0.2, -0.15) is 0 Å². The lowest BCUT2D eigenvalue weighted by molar-refractivity contribution is -0.0701. The maximum atomic E-state index is 8.79. The van der Waals surface area contributed by atoms with Gasteiger partial charge < -0.3 is 14.6 Å². The van der Waals surface area contributed by atoms with E-state index >= 15 is 0 Å². The molecule has 2 unspecified atom stereocenters. The van der Waals surface area contributed by atoms with E-state index in [4.69, 9.17) is 14.6 Å². The van der Waals surface area contributed by atoms with Crippen molar-refractivity contribution in [3.63, 3.8) is 0 Å². The Balaban J connectivity index is 1.97. The Bertz CT molecular complexity index is 127. The highest BCUT2D eigenvalue weighted by molar-refractivity contribution is 4.63. The second kappa shape index (κ2) is 6.35. The van der Waals surface area contributed by atoms with E-state index in [0.717, 1.165) is 12.8 Å². The summed E-state index contributed by atoms with van der Waals surface area (Å²) in [5.41, 5.74) is 0. The molecule has 0 bridgehead atoms. The van der Waals surface area contributed by atoms with E-state index in [1.807, 2.05) is 0 Å². The lowest BCUT2D eigenvalue weighted by atomic mass is 10.1. The standard InChI is InChI=1S/C10H20O3/c1-2-3-4-5-6-10-12-8-9(7-11)13-10/h9-11H,2-8H2,1H3. The quantitative estimate of drug-likeness (QED) is 0.645. The van der Waals surface area contributed by atoms with E-state index in [9.17, 15) is 0 Å². The van der Waals surface area contributed by atoms with Crippen LogP contribution in [0.4, 0.5) is 0 Å². The van der Waals surface area contributed by atoms with Gasteiger partial charge in [-0.15, -0.1) is 0 Å². The second-order valence-electron chi connectivity index (χ2n) is 3.55. The number of aliphatic hydroxyl groups is 1.